The van der Waals surface area contributed by atoms with Gasteiger partial charge in [0, 0.05) is 10.8 Å². The number of nitrogens with zero attached hydrogens (tertiary/aromatic N) is 1. The van der Waals surface area contributed by atoms with Crippen molar-refractivity contribution in [3.8, 4) is 5.75 Å². The summed E-state index contributed by atoms with van der Waals surface area (Å²) in [7, 11) is 0. The quantitative estimate of drug-likeness (QED) is 0.137. The van der Waals surface area contributed by atoms with Gasteiger partial charge in [0.25, 0.3) is 0 Å². The van der Waals surface area contributed by atoms with E-state index in [-0.39, 0.29) is 5.97 Å². The van der Waals surface area contributed by atoms with Crippen LogP contribution < -0.4 is 4.74 Å². The fourth-order valence-electron chi connectivity index (χ4n) is 2.78. The highest BCUT2D eigenvalue weighted by molar-refractivity contribution is 14.1. The molecule has 0 unspecified atom stereocenters. The Morgan fingerprint density at radius 1 is 0.760 bits per heavy atom. The van der Waals surface area contributed by atoms with E-state index in [1.807, 2.05) is 66.7 Å². The van der Waals surface area contributed by atoms with Gasteiger partial charge in [-0.3, -0.25) is 0 Å². The monoisotopic (exact) mass is 551 g/mol. The van der Waals surface area contributed by atoms with Gasteiger partial charge in [-0.2, -0.15) is 0 Å². The predicted octanol–water partition coefficient (Wildman–Crippen LogP) is 5.82. The molecular weight excluding hydrogens is 540 g/mol. The van der Waals surface area contributed by atoms with E-state index >= 15 is 0 Å². The minimum absolute atomic E-state index is 0.364. The number of carbonyl (C=O) groups excluding carboxylic acids is 1. The number of hydrogen-bond donors (Lipinski definition) is 0. The number of esters is 1. The molecule has 0 spiro atoms. The highest BCUT2D eigenvalue weighted by Gasteiger charge is 2.19. The van der Waals surface area contributed by atoms with Crippen molar-refractivity contribution in [1.29, 1.82) is 0 Å². The average Bonchev–Trinajstić information content (AvgIpc) is 2.62. The first-order valence-electron chi connectivity index (χ1n) is 7.59. The summed E-state index contributed by atoms with van der Waals surface area (Å²) in [5, 5.41) is 1.60. The number of hydrogen-bond acceptors (Lipinski definition) is 3. The van der Waals surface area contributed by atoms with Crippen molar-refractivity contribution in [3.05, 3.63) is 79.4 Å². The van der Waals surface area contributed by atoms with Gasteiger partial charge in [-0.25, -0.2) is 9.78 Å². The molecule has 0 saturated carbocycles. The Kier molecular flexibility index (Phi) is 4.60. The van der Waals surface area contributed by atoms with Crippen LogP contribution >= 0.6 is 45.2 Å². The number of fused-ring (bicyclic) bond motifs is 2. The van der Waals surface area contributed by atoms with Crippen molar-refractivity contribution in [3.63, 3.8) is 0 Å². The number of rotatable bonds is 2. The van der Waals surface area contributed by atoms with Crippen LogP contribution in [0.2, 0.25) is 0 Å². The zero-order valence-electron chi connectivity index (χ0n) is 12.9. The first-order valence-corrected chi connectivity index (χ1v) is 9.74. The fraction of sp³-hybridized carbons (Fsp3) is 0. The number of halogens is 2. The maximum absolute atomic E-state index is 13.1. The van der Waals surface area contributed by atoms with Crippen LogP contribution in [0.5, 0.6) is 5.75 Å². The lowest BCUT2D eigenvalue weighted by Gasteiger charge is -2.12. The maximum atomic E-state index is 13.1. The zero-order valence-corrected chi connectivity index (χ0v) is 17.2. The number of carbonyl (C=O) groups is 1. The lowest BCUT2D eigenvalue weighted by molar-refractivity contribution is 0.0736. The second-order valence-electron chi connectivity index (χ2n) is 5.46. The number of ether oxygens (including phenoxy) is 1. The van der Waals surface area contributed by atoms with Crippen molar-refractivity contribution >= 4 is 73.0 Å². The minimum atomic E-state index is -0.364. The molecule has 0 N–H and O–H groups in total. The van der Waals surface area contributed by atoms with Gasteiger partial charge in [0.15, 0.2) is 5.75 Å². The van der Waals surface area contributed by atoms with E-state index < -0.39 is 0 Å². The van der Waals surface area contributed by atoms with E-state index in [0.29, 0.717) is 11.3 Å². The normalized spacial score (nSPS) is 11.0. The molecular formula is C20H11I2NO2. The lowest BCUT2D eigenvalue weighted by atomic mass is 10.0. The van der Waals surface area contributed by atoms with Gasteiger partial charge in [-0.15, -0.1) is 0 Å². The Labute approximate surface area is 171 Å². The van der Waals surface area contributed by atoms with Crippen molar-refractivity contribution < 1.29 is 9.53 Å². The summed E-state index contributed by atoms with van der Waals surface area (Å²) >= 11 is 4.36. The van der Waals surface area contributed by atoms with Gasteiger partial charge in [-0.1, -0.05) is 42.5 Å². The molecule has 0 atom stereocenters. The van der Waals surface area contributed by atoms with Crippen molar-refractivity contribution in [1.82, 2.24) is 4.98 Å². The molecule has 5 heteroatoms. The van der Waals surface area contributed by atoms with Gasteiger partial charge >= 0.3 is 5.97 Å². The molecule has 3 nitrogen and oxygen atoms in total. The van der Waals surface area contributed by atoms with E-state index in [4.69, 9.17) is 4.74 Å². The Hall–Kier alpha value is -1.74. The maximum Gasteiger partial charge on any atom is 0.344 e. The smallest absolute Gasteiger partial charge is 0.344 e. The molecule has 0 radical (unpaired) electrons. The van der Waals surface area contributed by atoms with Crippen LogP contribution in [0.15, 0.2) is 66.7 Å². The van der Waals surface area contributed by atoms with E-state index in [1.54, 1.807) is 0 Å². The first-order chi connectivity index (χ1) is 12.1. The fourth-order valence-corrected chi connectivity index (χ4v) is 4.52. The van der Waals surface area contributed by atoms with Crippen LogP contribution in [0, 0.1) is 7.14 Å². The van der Waals surface area contributed by atoms with Gasteiger partial charge < -0.3 is 4.74 Å². The average molecular weight is 551 g/mol. The minimum Gasteiger partial charge on any atom is -0.421 e. The van der Waals surface area contributed by atoms with Crippen molar-refractivity contribution in [2.24, 2.45) is 0 Å². The third-order valence-corrected chi connectivity index (χ3v) is 5.60. The molecule has 3 aromatic carbocycles. The third-order valence-electron chi connectivity index (χ3n) is 3.91. The second-order valence-corrected chi connectivity index (χ2v) is 7.79. The molecule has 4 aromatic rings. The summed E-state index contributed by atoms with van der Waals surface area (Å²) in [6.45, 7) is 0. The molecule has 0 aliphatic rings. The summed E-state index contributed by atoms with van der Waals surface area (Å²) in [6.07, 6.45) is 0. The summed E-state index contributed by atoms with van der Waals surface area (Å²) < 4.78 is 7.60. The molecule has 0 saturated heterocycles. The molecule has 0 bridgehead atoms. The van der Waals surface area contributed by atoms with Crippen LogP contribution in [-0.4, -0.2) is 11.0 Å². The SMILES string of the molecule is O=C(Oc1c(I)cccc1I)c1c2ccccc2nc2ccccc12. The van der Waals surface area contributed by atoms with E-state index in [0.717, 1.165) is 28.9 Å². The van der Waals surface area contributed by atoms with Gasteiger partial charge in [0.05, 0.1) is 23.7 Å². The molecule has 1 aromatic heterocycles. The van der Waals surface area contributed by atoms with E-state index in [9.17, 15) is 4.79 Å². The van der Waals surface area contributed by atoms with E-state index in [2.05, 4.69) is 50.2 Å². The predicted molar refractivity (Wildman–Crippen MR) is 116 cm³/mol. The van der Waals surface area contributed by atoms with Crippen LogP contribution in [0.4, 0.5) is 0 Å². The largest absolute Gasteiger partial charge is 0.421 e. The van der Waals surface area contributed by atoms with Gasteiger partial charge in [0.2, 0.25) is 0 Å². The molecule has 0 aliphatic heterocycles. The third kappa shape index (κ3) is 3.10. The van der Waals surface area contributed by atoms with Gasteiger partial charge in [-0.05, 0) is 69.4 Å². The molecule has 4 rings (SSSR count). The highest BCUT2D eigenvalue weighted by Crippen LogP contribution is 2.31. The van der Waals surface area contributed by atoms with Crippen LogP contribution in [0.1, 0.15) is 10.4 Å². The first kappa shape index (κ1) is 16.7. The summed E-state index contributed by atoms with van der Waals surface area (Å²) in [5.74, 6) is 0.232. The summed E-state index contributed by atoms with van der Waals surface area (Å²) in [6, 6.07) is 21.1. The highest BCUT2D eigenvalue weighted by atomic mass is 127. The number of pyridine rings is 1. The molecule has 1 heterocycles. The topological polar surface area (TPSA) is 39.2 Å². The summed E-state index contributed by atoms with van der Waals surface area (Å²) in [4.78, 5) is 17.7. The Morgan fingerprint density at radius 3 is 1.84 bits per heavy atom. The molecule has 25 heavy (non-hydrogen) atoms. The van der Waals surface area contributed by atoms with Crippen LogP contribution in [0.3, 0.4) is 0 Å². The van der Waals surface area contributed by atoms with Gasteiger partial charge in [0.1, 0.15) is 0 Å². The van der Waals surface area contributed by atoms with E-state index in [1.165, 1.54) is 0 Å². The standard InChI is InChI=1S/C20H11I2NO2/c21-14-8-5-9-15(22)19(14)25-20(24)18-12-6-1-3-10-16(12)23-17-11-4-2-7-13(17)18/h1-11H. The van der Waals surface area contributed by atoms with Crippen LogP contribution in [-0.2, 0) is 0 Å². The lowest BCUT2D eigenvalue weighted by Crippen LogP contribution is -2.12. The summed E-state index contributed by atoms with van der Waals surface area (Å²) in [5.41, 5.74) is 2.12. The number of para-hydroxylation sites is 3. The Balaban J connectivity index is 1.93. The Morgan fingerprint density at radius 2 is 1.28 bits per heavy atom. The Bertz CT molecular complexity index is 1050. The molecule has 0 amide bonds. The van der Waals surface area contributed by atoms with Crippen molar-refractivity contribution in [2.75, 3.05) is 0 Å². The van der Waals surface area contributed by atoms with Crippen molar-refractivity contribution in [2.45, 2.75) is 0 Å². The molecule has 0 fully saturated rings. The number of aromatic nitrogens is 1. The second kappa shape index (κ2) is 6.87. The molecule has 0 aliphatic carbocycles. The zero-order chi connectivity index (χ0) is 17.4. The molecule has 122 valence electrons. The number of benzene rings is 3. The van der Waals surface area contributed by atoms with Crippen LogP contribution in [0.25, 0.3) is 21.8 Å².